The second-order valence-electron chi connectivity index (χ2n) is 23.5. The van der Waals surface area contributed by atoms with Gasteiger partial charge in [-0.3, -0.25) is 4.79 Å². The minimum Gasteiger partial charge on any atom is -0.481 e. The zero-order valence-corrected chi connectivity index (χ0v) is 39.7. The number of rotatable bonds is 10. The molecule has 5 aliphatic carbocycles. The number of carboxylic acids is 2. The van der Waals surface area contributed by atoms with Crippen LogP contribution in [0, 0.1) is 50.2 Å². The second-order valence-corrected chi connectivity index (χ2v) is 23.5. The molecule has 0 radical (unpaired) electrons. The van der Waals surface area contributed by atoms with E-state index in [9.17, 15) is 65.8 Å². The molecule has 0 aromatic carbocycles. The third-order valence-corrected chi connectivity index (χ3v) is 19.3. The summed E-state index contributed by atoms with van der Waals surface area (Å²) in [4.78, 5) is 26.0. The van der Waals surface area contributed by atoms with E-state index in [1.165, 1.54) is 5.57 Å². The first kappa shape index (κ1) is 51.4. The van der Waals surface area contributed by atoms with Crippen LogP contribution in [-0.4, -0.2) is 180 Å². The van der Waals surface area contributed by atoms with E-state index in [4.69, 9.17) is 28.4 Å². The Morgan fingerprint density at radius 3 is 1.75 bits per heavy atom. The molecule has 3 heterocycles. The van der Waals surface area contributed by atoms with Crippen molar-refractivity contribution in [2.24, 2.45) is 50.2 Å². The Balaban J connectivity index is 1.11. The van der Waals surface area contributed by atoms with Gasteiger partial charge in [0.25, 0.3) is 0 Å². The van der Waals surface area contributed by atoms with Crippen LogP contribution in [-0.2, 0) is 38.0 Å². The van der Waals surface area contributed by atoms with Crippen LogP contribution in [0.3, 0.4) is 0 Å². The SMILES string of the molecule is CC1(C)CC[C@]2(C(=O)O)CC[C@]3(C)C(=CC[C@H]4[C@@]5(C)CC[C@H](O[C@@H]6O[C@H](C(=O)O)[C@@H](O)[C@H](O[C@@H]7O[C@H](CO)[C@H](O)[C@H](O)[C@H]7O)[C@H]6O[C@@H]6O[C@H](CO)[C@@H](O)[C@H](O)[C@H]6O)C(C)(C)[C@H]5CC[C@]43C)[C@@H]2C1. The van der Waals surface area contributed by atoms with Crippen LogP contribution in [0.1, 0.15) is 113 Å². The summed E-state index contributed by atoms with van der Waals surface area (Å²) in [6.45, 7) is 14.2. The molecule has 67 heavy (non-hydrogen) atoms. The number of hydrogen-bond acceptors (Lipinski definition) is 17. The Morgan fingerprint density at radius 2 is 1.19 bits per heavy atom. The highest BCUT2D eigenvalue weighted by Crippen LogP contribution is 2.76. The van der Waals surface area contributed by atoms with Crippen LogP contribution in [0.4, 0.5) is 0 Å². The van der Waals surface area contributed by atoms with Gasteiger partial charge in [-0.1, -0.05) is 60.1 Å². The summed E-state index contributed by atoms with van der Waals surface area (Å²) < 4.78 is 36.4. The summed E-state index contributed by atoms with van der Waals surface area (Å²) in [6.07, 6.45) is -18.3. The van der Waals surface area contributed by atoms with E-state index in [0.717, 1.165) is 38.5 Å². The van der Waals surface area contributed by atoms with E-state index < -0.39 is 134 Å². The fraction of sp³-hybridized carbons (Fsp3) is 0.917. The average Bonchev–Trinajstić information content (AvgIpc) is 3.26. The molecule has 0 bridgehead atoms. The first-order valence-corrected chi connectivity index (χ1v) is 24.3. The van der Waals surface area contributed by atoms with Crippen LogP contribution in [0.25, 0.3) is 0 Å². The van der Waals surface area contributed by atoms with Gasteiger partial charge in [0.1, 0.15) is 67.1 Å². The molecule has 0 aromatic heterocycles. The minimum atomic E-state index is -2.12. The van der Waals surface area contributed by atoms with E-state index in [0.29, 0.717) is 25.7 Å². The zero-order chi connectivity index (χ0) is 49.1. The van der Waals surface area contributed by atoms with Crippen molar-refractivity contribution in [3.05, 3.63) is 11.6 Å². The van der Waals surface area contributed by atoms with Crippen molar-refractivity contribution in [3.63, 3.8) is 0 Å². The van der Waals surface area contributed by atoms with Gasteiger partial charge in [0.15, 0.2) is 25.0 Å². The van der Waals surface area contributed by atoms with Crippen molar-refractivity contribution in [2.45, 2.75) is 211 Å². The average molecular weight is 957 g/mol. The van der Waals surface area contributed by atoms with E-state index >= 15 is 0 Å². The molecule has 19 heteroatoms. The van der Waals surface area contributed by atoms with Crippen LogP contribution in [0.15, 0.2) is 11.6 Å². The smallest absolute Gasteiger partial charge is 0.335 e. The highest BCUT2D eigenvalue weighted by atomic mass is 16.8. The van der Waals surface area contributed by atoms with Crippen LogP contribution in [0.5, 0.6) is 0 Å². The summed E-state index contributed by atoms with van der Waals surface area (Å²) in [7, 11) is 0. The molecule has 11 N–H and O–H groups in total. The molecular formula is C48H76O19. The Bertz CT molecular complexity index is 1870. The first-order chi connectivity index (χ1) is 31.2. The molecule has 0 aromatic rings. The largest absolute Gasteiger partial charge is 0.481 e. The number of hydrogen-bond donors (Lipinski definition) is 11. The van der Waals surface area contributed by atoms with Gasteiger partial charge < -0.3 is 84.6 Å². The van der Waals surface area contributed by atoms with Crippen LogP contribution >= 0.6 is 0 Å². The second kappa shape index (κ2) is 18.0. The molecule has 3 saturated heterocycles. The van der Waals surface area contributed by atoms with Crippen molar-refractivity contribution in [1.29, 1.82) is 0 Å². The van der Waals surface area contributed by atoms with E-state index in [1.807, 2.05) is 0 Å². The highest BCUT2D eigenvalue weighted by molar-refractivity contribution is 5.76. The molecule has 3 aliphatic heterocycles. The van der Waals surface area contributed by atoms with Crippen molar-refractivity contribution in [2.75, 3.05) is 13.2 Å². The maximum absolute atomic E-state index is 13.2. The van der Waals surface area contributed by atoms with Gasteiger partial charge in [0.2, 0.25) is 0 Å². The number of carbonyl (C=O) groups is 2. The van der Waals surface area contributed by atoms with Gasteiger partial charge in [0, 0.05) is 0 Å². The Hall–Kier alpha value is -1.92. The van der Waals surface area contributed by atoms with Gasteiger partial charge in [-0.2, -0.15) is 0 Å². The molecular weight excluding hydrogens is 881 g/mol. The fourth-order valence-corrected chi connectivity index (χ4v) is 15.1. The quantitative estimate of drug-likeness (QED) is 0.107. The summed E-state index contributed by atoms with van der Waals surface area (Å²) >= 11 is 0. The number of aliphatic hydroxyl groups is 9. The summed E-state index contributed by atoms with van der Waals surface area (Å²) in [6, 6.07) is 0. The summed E-state index contributed by atoms with van der Waals surface area (Å²) in [5, 5.41) is 117. The van der Waals surface area contributed by atoms with Crippen molar-refractivity contribution < 1.29 is 94.2 Å². The number of ether oxygens (including phenoxy) is 6. The maximum atomic E-state index is 13.2. The normalized spacial score (nSPS) is 52.7. The molecule has 0 unspecified atom stereocenters. The van der Waals surface area contributed by atoms with E-state index in [-0.39, 0.29) is 39.4 Å². The van der Waals surface area contributed by atoms with E-state index in [2.05, 4.69) is 54.5 Å². The highest BCUT2D eigenvalue weighted by Gasteiger charge is 2.70. The van der Waals surface area contributed by atoms with Crippen molar-refractivity contribution in [3.8, 4) is 0 Å². The fourth-order valence-electron chi connectivity index (χ4n) is 15.1. The number of aliphatic hydroxyl groups excluding tert-OH is 9. The standard InChI is InChI=1S/C48H76O19/c1-43(2)14-16-48(42(60)61)17-15-46(6)21(22(48)18-43)8-9-26-45(5)12-11-27(44(3,4)25(45)10-13-47(26,46)7)64-41-37(67-40-33(56)31(54)29(52)24(20-50)63-40)35(34(57)36(66-41)38(58)59)65-39-32(55)30(53)28(51)23(19-49)62-39/h8,22-37,39-41,49-57H,9-20H2,1-7H3,(H,58,59)(H,60,61)/t22-,23+,24+,25+,26-,27-,28-,29+,30-,31-,32+,33+,34-,35-,36-,37+,39-,40-,41+,45-,46+,47+,48-/m0/s1. The monoisotopic (exact) mass is 956 g/mol. The predicted octanol–water partition coefficient (Wildman–Crippen LogP) is 0.799. The van der Waals surface area contributed by atoms with Gasteiger partial charge >= 0.3 is 11.9 Å². The third kappa shape index (κ3) is 8.06. The molecule has 8 aliphatic rings. The van der Waals surface area contributed by atoms with Crippen molar-refractivity contribution >= 4 is 11.9 Å². The lowest BCUT2D eigenvalue weighted by Crippen LogP contribution is -2.68. The molecule has 4 saturated carbocycles. The predicted molar refractivity (Wildman–Crippen MR) is 231 cm³/mol. The minimum absolute atomic E-state index is 0.0299. The van der Waals surface area contributed by atoms with Gasteiger partial charge in [0.05, 0.1) is 24.7 Å². The van der Waals surface area contributed by atoms with E-state index in [1.54, 1.807) is 0 Å². The molecule has 8 rings (SSSR count). The van der Waals surface area contributed by atoms with Gasteiger partial charge in [-0.05, 0) is 109 Å². The summed E-state index contributed by atoms with van der Waals surface area (Å²) in [5.74, 6) is -2.06. The van der Waals surface area contributed by atoms with Crippen molar-refractivity contribution in [1.82, 2.24) is 0 Å². The third-order valence-electron chi connectivity index (χ3n) is 19.3. The topological polar surface area (TPSA) is 312 Å². The molecule has 7 fully saturated rings. The number of aliphatic carboxylic acids is 2. The van der Waals surface area contributed by atoms with Crippen LogP contribution < -0.4 is 0 Å². The van der Waals surface area contributed by atoms with Gasteiger partial charge in [-0.25, -0.2) is 4.79 Å². The first-order valence-electron chi connectivity index (χ1n) is 24.3. The number of fused-ring (bicyclic) bond motifs is 7. The Labute approximate surface area is 391 Å². The molecule has 0 spiro atoms. The zero-order valence-electron chi connectivity index (χ0n) is 39.7. The lowest BCUT2D eigenvalue weighted by atomic mass is 9.33. The Morgan fingerprint density at radius 1 is 0.627 bits per heavy atom. The molecule has 0 amide bonds. The lowest BCUT2D eigenvalue weighted by Gasteiger charge is -2.71. The molecule has 19 nitrogen and oxygen atoms in total. The number of allylic oxidation sites excluding steroid dienone is 2. The van der Waals surface area contributed by atoms with Crippen LogP contribution in [0.2, 0.25) is 0 Å². The summed E-state index contributed by atoms with van der Waals surface area (Å²) in [5.41, 5.74) is -0.618. The number of carboxylic acid groups (broad SMARTS) is 2. The van der Waals surface area contributed by atoms with Gasteiger partial charge in [-0.15, -0.1) is 0 Å². The molecule has 23 atom stereocenters. The lowest BCUT2D eigenvalue weighted by molar-refractivity contribution is -0.396. The Kier molecular flexibility index (Phi) is 13.8. The molecule has 382 valence electrons. The maximum Gasteiger partial charge on any atom is 0.335 e.